The molecule has 0 unspecified atom stereocenters. The molecule has 92 valence electrons. The maximum absolute atomic E-state index is 8.57. The maximum Gasteiger partial charge on any atom is 0.254 e. The van der Waals surface area contributed by atoms with Gasteiger partial charge in [-0.1, -0.05) is 28.2 Å². The second kappa shape index (κ2) is 9.92. The van der Waals surface area contributed by atoms with Crippen LogP contribution in [0.15, 0.2) is 0 Å². The van der Waals surface area contributed by atoms with Crippen LogP contribution in [0.25, 0.3) is 0 Å². The molecule has 6 heteroatoms. The molecule has 0 radical (unpaired) electrons. The van der Waals surface area contributed by atoms with Gasteiger partial charge in [-0.25, -0.2) is 0 Å². The van der Waals surface area contributed by atoms with Crippen LogP contribution in [0.2, 0.25) is 0 Å². The molecule has 0 aliphatic carbocycles. The van der Waals surface area contributed by atoms with Gasteiger partial charge in [-0.2, -0.15) is 0 Å². The molecule has 0 spiro atoms. The van der Waals surface area contributed by atoms with E-state index in [2.05, 4.69) is 56.3 Å². The fraction of sp³-hybridized carbons (Fsp3) is 0.778. The third kappa shape index (κ3) is 42.6. The van der Waals surface area contributed by atoms with Crippen LogP contribution in [0.1, 0.15) is 34.6 Å². The fourth-order valence-corrected chi connectivity index (χ4v) is 0.646. The molecule has 0 amide bonds. The summed E-state index contributed by atoms with van der Waals surface area (Å²) < 4.78 is 0. The topological polar surface area (TPSA) is 78.5 Å². The number of aliphatic hydroxyl groups excluding tert-OH is 2. The highest BCUT2D eigenvalue weighted by molar-refractivity contribution is 7.80. The first-order valence-corrected chi connectivity index (χ1v) is 4.92. The van der Waals surface area contributed by atoms with Gasteiger partial charge >= 0.3 is 0 Å². The average molecular weight is 254 g/mol. The van der Waals surface area contributed by atoms with Gasteiger partial charge < -0.3 is 21.3 Å². The summed E-state index contributed by atoms with van der Waals surface area (Å²) in [4.78, 5) is 0. The number of hydrogen-bond acceptors (Lipinski definition) is 2. The Kier molecular flexibility index (Phi) is 13.1. The van der Waals surface area contributed by atoms with Gasteiger partial charge in [-0.3, -0.25) is 0 Å². The van der Waals surface area contributed by atoms with Crippen molar-refractivity contribution in [3.8, 4) is 0 Å². The van der Waals surface area contributed by atoms with Crippen LogP contribution in [-0.4, -0.2) is 27.1 Å². The fourth-order valence-electron chi connectivity index (χ4n) is 0.544. The lowest BCUT2D eigenvalue weighted by atomic mass is 9.92. The zero-order valence-corrected chi connectivity index (χ0v) is 10.3. The minimum Gasteiger partial charge on any atom is -0.487 e. The summed E-state index contributed by atoms with van der Waals surface area (Å²) in [7, 11) is 0. The Bertz CT molecular complexity index is 187. The van der Waals surface area contributed by atoms with Crippen LogP contribution in [0.3, 0.4) is 0 Å². The van der Waals surface area contributed by atoms with E-state index in [1.165, 1.54) is 0 Å². The van der Waals surface area contributed by atoms with Crippen molar-refractivity contribution in [2.24, 2.45) is 11.1 Å². The molecule has 0 atom stereocenters. The Labute approximate surface area is 103 Å². The van der Waals surface area contributed by atoms with E-state index in [0.29, 0.717) is 5.41 Å². The third-order valence-electron chi connectivity index (χ3n) is 1.15. The lowest BCUT2D eigenvalue weighted by Gasteiger charge is -2.17. The largest absolute Gasteiger partial charge is 0.487 e. The summed E-state index contributed by atoms with van der Waals surface area (Å²) in [6.07, 6.45) is 1.01. The van der Waals surface area contributed by atoms with Crippen molar-refractivity contribution in [3.05, 3.63) is 0 Å². The first-order valence-electron chi connectivity index (χ1n) is 4.10. The van der Waals surface area contributed by atoms with E-state index >= 15 is 0 Å². The molecule has 0 rings (SSSR count). The van der Waals surface area contributed by atoms with E-state index in [9.17, 15) is 0 Å². The lowest BCUT2D eigenvalue weighted by molar-refractivity contribution is 0.373. The Morgan fingerprint density at radius 2 is 1.60 bits per heavy atom. The summed E-state index contributed by atoms with van der Waals surface area (Å²) in [5.41, 5.74) is 4.70. The molecule has 15 heavy (non-hydrogen) atoms. The van der Waals surface area contributed by atoms with E-state index in [-0.39, 0.29) is 12.6 Å². The van der Waals surface area contributed by atoms with Crippen molar-refractivity contribution in [2.75, 3.05) is 6.54 Å². The summed E-state index contributed by atoms with van der Waals surface area (Å²) in [5, 5.41) is 18.2. The van der Waals surface area contributed by atoms with Gasteiger partial charge in [0.25, 0.3) is 10.3 Å². The molecule has 0 saturated carbocycles. The second-order valence-corrected chi connectivity index (χ2v) is 4.69. The van der Waals surface area contributed by atoms with Crippen molar-refractivity contribution in [3.63, 3.8) is 0 Å². The first-order chi connectivity index (χ1) is 6.15. The van der Waals surface area contributed by atoms with Gasteiger partial charge in [0.1, 0.15) is 0 Å². The van der Waals surface area contributed by atoms with Crippen LogP contribution < -0.4 is 11.1 Å². The zero-order valence-electron chi connectivity index (χ0n) is 8.70. The molecule has 0 aliphatic rings. The Balaban J connectivity index is -0.000000249. The quantitative estimate of drug-likeness (QED) is 0.566. The Morgan fingerprint density at radius 3 is 1.80 bits per heavy atom. The molecule has 0 aromatic carbocycles. The highest BCUT2D eigenvalue weighted by atomic mass is 32.1. The third-order valence-corrected chi connectivity index (χ3v) is 1.30. The number of thiocarbonyl (C=S) groups is 2. The molecule has 4 nitrogen and oxygen atoms in total. The lowest BCUT2D eigenvalue weighted by Crippen LogP contribution is -2.25. The van der Waals surface area contributed by atoms with Gasteiger partial charge in [0, 0.05) is 6.54 Å². The van der Waals surface area contributed by atoms with Crippen LogP contribution in [0.5, 0.6) is 0 Å². The molecule has 0 aromatic heterocycles. The average Bonchev–Trinajstić information content (AvgIpc) is 1.80. The van der Waals surface area contributed by atoms with Crippen LogP contribution in [-0.2, 0) is 0 Å². The number of nitrogens with one attached hydrogen (secondary N) is 1. The van der Waals surface area contributed by atoms with E-state index in [1.54, 1.807) is 0 Å². The number of rotatable bonds is 2. The molecule has 0 aliphatic heterocycles. The SMILES string of the molecule is C.CC(C)(C)CCNC(O)=S.NC(O)=S. The molecule has 0 aromatic rings. The summed E-state index contributed by atoms with van der Waals surface area (Å²) >= 11 is 8.30. The van der Waals surface area contributed by atoms with Gasteiger partial charge in [-0.05, 0) is 36.3 Å². The van der Waals surface area contributed by atoms with Crippen molar-refractivity contribution in [1.82, 2.24) is 5.32 Å². The summed E-state index contributed by atoms with van der Waals surface area (Å²) in [5.74, 6) is 0. The summed E-state index contributed by atoms with van der Waals surface area (Å²) in [6.45, 7) is 7.19. The number of nitrogens with two attached hydrogens (primary N) is 1. The van der Waals surface area contributed by atoms with Gasteiger partial charge in [0.05, 0.1) is 0 Å². The molecular weight excluding hydrogens is 232 g/mol. The minimum absolute atomic E-state index is 0. The second-order valence-electron chi connectivity index (χ2n) is 3.88. The van der Waals surface area contributed by atoms with Gasteiger partial charge in [0.15, 0.2) is 0 Å². The number of hydrogen-bond donors (Lipinski definition) is 4. The van der Waals surface area contributed by atoms with E-state index in [4.69, 9.17) is 10.2 Å². The molecule has 5 N–H and O–H groups in total. The maximum atomic E-state index is 8.57. The van der Waals surface area contributed by atoms with Crippen LogP contribution in [0.4, 0.5) is 0 Å². The normalized spacial score (nSPS) is 9.00. The minimum atomic E-state index is -0.500. The molecular formula is C9H22N2O2S2. The molecule has 0 saturated heterocycles. The van der Waals surface area contributed by atoms with Crippen molar-refractivity contribution in [2.45, 2.75) is 34.6 Å². The van der Waals surface area contributed by atoms with Crippen molar-refractivity contribution < 1.29 is 10.2 Å². The molecule has 0 fully saturated rings. The first kappa shape index (κ1) is 19.9. The molecule has 0 bridgehead atoms. The van der Waals surface area contributed by atoms with Gasteiger partial charge in [-0.15, -0.1) is 0 Å². The number of aliphatic hydroxyl groups is 2. The van der Waals surface area contributed by atoms with Crippen molar-refractivity contribution in [1.29, 1.82) is 0 Å². The van der Waals surface area contributed by atoms with Crippen molar-refractivity contribution >= 4 is 34.8 Å². The highest BCUT2D eigenvalue weighted by Crippen LogP contribution is 2.16. The van der Waals surface area contributed by atoms with E-state index < -0.39 is 5.17 Å². The van der Waals surface area contributed by atoms with E-state index in [1.807, 2.05) is 0 Å². The monoisotopic (exact) mass is 254 g/mol. The predicted molar refractivity (Wildman–Crippen MR) is 73.4 cm³/mol. The predicted octanol–water partition coefficient (Wildman–Crippen LogP) is 2.28. The van der Waals surface area contributed by atoms with Crippen LogP contribution in [0, 0.1) is 5.41 Å². The highest BCUT2D eigenvalue weighted by Gasteiger charge is 2.08. The molecule has 0 heterocycles. The zero-order chi connectivity index (χ0) is 11.8. The Morgan fingerprint density at radius 1 is 1.27 bits per heavy atom. The van der Waals surface area contributed by atoms with Crippen LogP contribution >= 0.6 is 24.4 Å². The summed E-state index contributed by atoms with van der Waals surface area (Å²) in [6, 6.07) is 0. The van der Waals surface area contributed by atoms with Gasteiger partial charge in [0.2, 0.25) is 0 Å². The Hall–Kier alpha value is -0.620. The smallest absolute Gasteiger partial charge is 0.254 e. The standard InChI is InChI=1S/C7H15NOS.CH3NOS.CH4/c1-7(2,3)4-5-8-6(9)10;2-1(3)4;/h4-5H2,1-3H3,(H2,8,9,10);(H3,2,3,4);1H4. The van der Waals surface area contributed by atoms with E-state index in [0.717, 1.165) is 13.0 Å².